The van der Waals surface area contributed by atoms with Crippen LogP contribution < -0.4 is 10.2 Å². The first kappa shape index (κ1) is 25.6. The average Bonchev–Trinajstić information content (AvgIpc) is 2.76. The highest BCUT2D eigenvalue weighted by Gasteiger charge is 2.21. The van der Waals surface area contributed by atoms with Crippen molar-refractivity contribution in [1.82, 2.24) is 15.2 Å². The van der Waals surface area contributed by atoms with Crippen molar-refractivity contribution in [2.24, 2.45) is 0 Å². The van der Waals surface area contributed by atoms with E-state index in [0.717, 1.165) is 45.1 Å². The summed E-state index contributed by atoms with van der Waals surface area (Å²) in [7, 11) is 0. The number of aliphatic carboxylic acids is 2. The van der Waals surface area contributed by atoms with Gasteiger partial charge in [0.25, 0.3) is 0 Å². The molecule has 1 aromatic rings. The minimum atomic E-state index is -1.26. The van der Waals surface area contributed by atoms with Gasteiger partial charge in [-0.25, -0.2) is 14.6 Å². The largest absolute Gasteiger partial charge is 0.478 e. The number of aromatic nitrogens is 1. The van der Waals surface area contributed by atoms with Crippen molar-refractivity contribution >= 4 is 17.8 Å². The minimum absolute atomic E-state index is 0.558. The predicted octanol–water partition coefficient (Wildman–Crippen LogP) is 2.47. The summed E-state index contributed by atoms with van der Waals surface area (Å²) >= 11 is 0. The standard InChI is InChI=1S/C18H32N4.C4H4O4/c1-3-4-5-7-10-19-16-17(2)21-12-14-22(15-13-21)18-9-6-8-11-20-18;5-3(6)1-2-4(7)8/h6,8-9,11,17,19H,3-5,7,10,12-16H2,1-2H3;1-2H,(H,5,6)(H,7,8)/b;2-1-. The summed E-state index contributed by atoms with van der Waals surface area (Å²) in [4.78, 5) is 28.5. The van der Waals surface area contributed by atoms with E-state index in [9.17, 15) is 9.59 Å². The summed E-state index contributed by atoms with van der Waals surface area (Å²) in [5.41, 5.74) is 0. The Morgan fingerprint density at radius 1 is 1.10 bits per heavy atom. The number of hydrogen-bond acceptors (Lipinski definition) is 6. The molecule has 1 unspecified atom stereocenters. The molecule has 1 aromatic heterocycles. The first-order valence-corrected chi connectivity index (χ1v) is 10.7. The van der Waals surface area contributed by atoms with Gasteiger partial charge in [0.2, 0.25) is 0 Å². The summed E-state index contributed by atoms with van der Waals surface area (Å²) in [6, 6.07) is 6.78. The van der Waals surface area contributed by atoms with E-state index in [2.05, 4.69) is 46.1 Å². The van der Waals surface area contributed by atoms with E-state index in [-0.39, 0.29) is 0 Å². The van der Waals surface area contributed by atoms with Gasteiger partial charge in [0.05, 0.1) is 0 Å². The van der Waals surface area contributed by atoms with Gasteiger partial charge >= 0.3 is 11.9 Å². The Kier molecular flexibility index (Phi) is 13.1. The molecule has 1 aliphatic rings. The predicted molar refractivity (Wildman–Crippen MR) is 119 cm³/mol. The molecule has 30 heavy (non-hydrogen) atoms. The van der Waals surface area contributed by atoms with Gasteiger partial charge in [0, 0.05) is 57.1 Å². The van der Waals surface area contributed by atoms with Gasteiger partial charge in [-0.2, -0.15) is 0 Å². The van der Waals surface area contributed by atoms with Gasteiger partial charge in [-0.3, -0.25) is 4.90 Å². The molecule has 1 atom stereocenters. The van der Waals surface area contributed by atoms with Crippen LogP contribution in [0.2, 0.25) is 0 Å². The highest BCUT2D eigenvalue weighted by molar-refractivity contribution is 5.89. The Hall–Kier alpha value is -2.45. The highest BCUT2D eigenvalue weighted by Crippen LogP contribution is 2.13. The van der Waals surface area contributed by atoms with Crippen molar-refractivity contribution in [2.75, 3.05) is 44.2 Å². The summed E-state index contributed by atoms with van der Waals surface area (Å²) in [5.74, 6) is -1.40. The Bertz CT molecular complexity index is 615. The molecule has 0 aromatic carbocycles. The number of nitrogens with zero attached hydrogens (tertiary/aromatic N) is 3. The third-order valence-electron chi connectivity index (χ3n) is 4.93. The number of piperazine rings is 1. The van der Waals surface area contributed by atoms with Crippen LogP contribution >= 0.6 is 0 Å². The van der Waals surface area contributed by atoms with Crippen LogP contribution in [-0.4, -0.2) is 77.3 Å². The SMILES string of the molecule is CCCCCCNCC(C)N1CCN(c2ccccn2)CC1.O=C(O)/C=C\C(=O)O. The van der Waals surface area contributed by atoms with Crippen LogP contribution in [0.5, 0.6) is 0 Å². The molecule has 2 rings (SSSR count). The molecule has 1 fully saturated rings. The summed E-state index contributed by atoms with van der Waals surface area (Å²) in [5, 5.41) is 19.2. The highest BCUT2D eigenvalue weighted by atomic mass is 16.4. The molecule has 2 heterocycles. The van der Waals surface area contributed by atoms with E-state index in [0.29, 0.717) is 18.2 Å². The molecular formula is C22H36N4O4. The number of carboxylic acid groups (broad SMARTS) is 2. The quantitative estimate of drug-likeness (QED) is 0.370. The zero-order valence-corrected chi connectivity index (χ0v) is 18.2. The molecule has 1 saturated heterocycles. The second-order valence-electron chi connectivity index (χ2n) is 7.33. The number of pyridine rings is 1. The lowest BCUT2D eigenvalue weighted by atomic mass is 10.2. The van der Waals surface area contributed by atoms with Crippen LogP contribution in [0.15, 0.2) is 36.5 Å². The van der Waals surface area contributed by atoms with E-state index in [4.69, 9.17) is 10.2 Å². The topological polar surface area (TPSA) is 106 Å². The average molecular weight is 421 g/mol. The van der Waals surface area contributed by atoms with Crippen molar-refractivity contribution in [3.8, 4) is 0 Å². The first-order valence-electron chi connectivity index (χ1n) is 10.7. The number of carboxylic acids is 2. The Morgan fingerprint density at radius 3 is 2.30 bits per heavy atom. The molecule has 8 nitrogen and oxygen atoms in total. The Labute approximate surface area is 179 Å². The number of hydrogen-bond donors (Lipinski definition) is 3. The third-order valence-corrected chi connectivity index (χ3v) is 4.93. The van der Waals surface area contributed by atoms with Crippen molar-refractivity contribution in [3.05, 3.63) is 36.5 Å². The molecule has 1 aliphatic heterocycles. The maximum atomic E-state index is 9.55. The van der Waals surface area contributed by atoms with E-state index >= 15 is 0 Å². The Balaban J connectivity index is 0.000000479. The zero-order valence-electron chi connectivity index (χ0n) is 18.2. The molecule has 8 heteroatoms. The normalized spacial score (nSPS) is 15.5. The molecule has 0 saturated carbocycles. The lowest BCUT2D eigenvalue weighted by molar-refractivity contribution is -0.134. The lowest BCUT2D eigenvalue weighted by Crippen LogP contribution is -2.52. The molecule has 168 valence electrons. The van der Waals surface area contributed by atoms with Crippen LogP contribution in [0.3, 0.4) is 0 Å². The van der Waals surface area contributed by atoms with Gasteiger partial charge in [-0.05, 0) is 32.0 Å². The van der Waals surface area contributed by atoms with Gasteiger partial charge in [0.15, 0.2) is 0 Å². The number of nitrogens with one attached hydrogen (secondary N) is 1. The second kappa shape index (κ2) is 15.4. The Morgan fingerprint density at radius 2 is 1.77 bits per heavy atom. The molecule has 0 aliphatic carbocycles. The fourth-order valence-electron chi connectivity index (χ4n) is 3.19. The van der Waals surface area contributed by atoms with Crippen LogP contribution in [0, 0.1) is 0 Å². The fraction of sp³-hybridized carbons (Fsp3) is 0.591. The number of unbranched alkanes of at least 4 members (excludes halogenated alkanes) is 3. The van der Waals surface area contributed by atoms with Crippen LogP contribution in [0.25, 0.3) is 0 Å². The zero-order chi connectivity index (χ0) is 22.2. The second-order valence-corrected chi connectivity index (χ2v) is 7.33. The fourth-order valence-corrected chi connectivity index (χ4v) is 3.19. The smallest absolute Gasteiger partial charge is 0.328 e. The van der Waals surface area contributed by atoms with Crippen molar-refractivity contribution < 1.29 is 19.8 Å². The molecule has 0 amide bonds. The lowest BCUT2D eigenvalue weighted by Gasteiger charge is -2.38. The number of anilines is 1. The monoisotopic (exact) mass is 420 g/mol. The summed E-state index contributed by atoms with van der Waals surface area (Å²) < 4.78 is 0. The van der Waals surface area contributed by atoms with Crippen LogP contribution in [-0.2, 0) is 9.59 Å². The maximum absolute atomic E-state index is 9.55. The summed E-state index contributed by atoms with van der Waals surface area (Å²) in [6.45, 7) is 11.3. The number of rotatable bonds is 11. The van der Waals surface area contributed by atoms with E-state index in [1.54, 1.807) is 0 Å². The first-order chi connectivity index (χ1) is 14.4. The van der Waals surface area contributed by atoms with Crippen molar-refractivity contribution in [2.45, 2.75) is 45.6 Å². The molecule has 0 spiro atoms. The maximum Gasteiger partial charge on any atom is 0.328 e. The van der Waals surface area contributed by atoms with Gasteiger partial charge in [-0.1, -0.05) is 32.3 Å². The van der Waals surface area contributed by atoms with E-state index < -0.39 is 11.9 Å². The molecule has 0 bridgehead atoms. The number of carbonyl (C=O) groups is 2. The minimum Gasteiger partial charge on any atom is -0.478 e. The van der Waals surface area contributed by atoms with Gasteiger partial charge < -0.3 is 20.4 Å². The van der Waals surface area contributed by atoms with Crippen molar-refractivity contribution in [1.29, 1.82) is 0 Å². The molecule has 0 radical (unpaired) electrons. The van der Waals surface area contributed by atoms with Gasteiger partial charge in [0.1, 0.15) is 5.82 Å². The van der Waals surface area contributed by atoms with Crippen LogP contribution in [0.4, 0.5) is 5.82 Å². The third kappa shape index (κ3) is 11.5. The van der Waals surface area contributed by atoms with E-state index in [1.807, 2.05) is 12.3 Å². The molecular weight excluding hydrogens is 384 g/mol. The summed E-state index contributed by atoms with van der Waals surface area (Å²) in [6.07, 6.45) is 8.36. The van der Waals surface area contributed by atoms with E-state index in [1.165, 1.54) is 25.7 Å². The van der Waals surface area contributed by atoms with Crippen molar-refractivity contribution in [3.63, 3.8) is 0 Å². The molecule has 3 N–H and O–H groups in total. The van der Waals surface area contributed by atoms with Gasteiger partial charge in [-0.15, -0.1) is 0 Å². The van der Waals surface area contributed by atoms with Crippen LogP contribution in [0.1, 0.15) is 39.5 Å².